The van der Waals surface area contributed by atoms with Gasteiger partial charge in [0.2, 0.25) is 65.0 Å². The van der Waals surface area contributed by atoms with Crippen molar-refractivity contribution in [3.05, 3.63) is 24.8 Å². The maximum absolute atomic E-state index is 15.3. The molecule has 0 aromatic carbocycles. The number of nitrogens with one attached hydrogen (secondary N) is 4. The number of carbonyl (C=O) groups is 12. The van der Waals surface area contributed by atoms with Crippen molar-refractivity contribution in [1.82, 2.24) is 55.6 Å². The molecule has 1 rings (SSSR count). The summed E-state index contributed by atoms with van der Waals surface area (Å²) in [6.45, 7) is 34.0. The van der Waals surface area contributed by atoms with Gasteiger partial charge in [-0.2, -0.15) is 0 Å². The molecular formula is C69H121N11O15. The first-order chi connectivity index (χ1) is 44.1. The zero-order valence-corrected chi connectivity index (χ0v) is 61.8. The number of carbonyl (C=O) groups excluding carboxylic acids is 12. The van der Waals surface area contributed by atoms with Crippen LogP contribution < -0.4 is 21.3 Å². The fraction of sp³-hybridized carbons (Fsp3) is 0.768. The van der Waals surface area contributed by atoms with Crippen LogP contribution in [0.25, 0.3) is 0 Å². The second-order valence-electron chi connectivity index (χ2n) is 27.6. The van der Waals surface area contributed by atoms with Gasteiger partial charge in [0.05, 0.1) is 18.8 Å². The maximum atomic E-state index is 15.3. The predicted octanol–water partition coefficient (Wildman–Crippen LogP) is 3.92. The van der Waals surface area contributed by atoms with E-state index in [9.17, 15) is 29.1 Å². The summed E-state index contributed by atoms with van der Waals surface area (Å²) in [4.78, 5) is 184. The van der Waals surface area contributed by atoms with E-state index in [-0.39, 0.29) is 69.6 Å². The first kappa shape index (κ1) is 86.1. The Balaban J connectivity index is 4.55. The first-order valence-electron chi connectivity index (χ1n) is 33.9. The monoisotopic (exact) mass is 1340 g/mol. The number of amides is 11. The van der Waals surface area contributed by atoms with Gasteiger partial charge in [0.15, 0.2) is 0 Å². The van der Waals surface area contributed by atoms with E-state index >= 15 is 33.6 Å². The fourth-order valence-corrected chi connectivity index (χ4v) is 11.9. The third-order valence-corrected chi connectivity index (χ3v) is 17.5. The highest BCUT2D eigenvalue weighted by molar-refractivity contribution is 6.00. The molecule has 1 aliphatic rings. The number of aliphatic hydroxyl groups is 1. The van der Waals surface area contributed by atoms with Gasteiger partial charge in [0, 0.05) is 68.3 Å². The Morgan fingerprint density at radius 1 is 0.516 bits per heavy atom. The third kappa shape index (κ3) is 24.6. The Morgan fingerprint density at radius 2 is 0.968 bits per heavy atom. The lowest BCUT2D eigenvalue weighted by Crippen LogP contribution is -2.64. The maximum Gasteiger partial charge on any atom is 0.302 e. The average molecular weight is 1340 g/mol. The number of hydrogen-bond donors (Lipinski definition) is 5. The number of esters is 1. The Morgan fingerprint density at radius 3 is 1.44 bits per heavy atom. The summed E-state index contributed by atoms with van der Waals surface area (Å²) < 4.78 is 11.3. The molecule has 1 heterocycles. The zero-order valence-electron chi connectivity index (χ0n) is 61.8. The van der Waals surface area contributed by atoms with E-state index in [2.05, 4.69) is 27.8 Å². The third-order valence-electron chi connectivity index (χ3n) is 17.5. The molecule has 1 unspecified atom stereocenters. The van der Waals surface area contributed by atoms with Crippen molar-refractivity contribution in [2.75, 3.05) is 62.0 Å². The summed E-state index contributed by atoms with van der Waals surface area (Å²) in [5, 5.41) is 23.2. The van der Waals surface area contributed by atoms with E-state index in [0.29, 0.717) is 12.8 Å². The standard InChI is InChI=1S/C69H121N11O15/c1-26-32-44(15)58(82)57-62(86)72-49(28-3)64(88)80(33-27-2)50(29-4)65(89)78(24)56(47(18)94-34-30-31-35-95-48(19)81)61(85)73-54(42(11)12)68(92)74(20)51(36-39(5)6)60(84)70-45(16)59(83)71-46(17)63(87)75(21)52(37-40(7)8)66(90)76(22)53(38-41(9)10)67(91)77(23)55(43(13)14)69(93)79(57)25/h26-27,32,39-47,49-58,82H,2,28-31,33-38H2,1,3-25H3,(H,70,84)(H,71,83)(H,72,86)(H,73,85)/b32-26+/t44-,45+,46-,47-,49+,50-,51+,52+,53+,54+,55+,56?,57+,58-/m1/s1. The molecule has 14 atom stereocenters. The molecule has 1 aliphatic heterocycles. The van der Waals surface area contributed by atoms with E-state index in [1.165, 1.54) is 93.6 Å². The number of likely N-dealkylation sites (N-methyl/N-ethyl adjacent to an activating group) is 6. The van der Waals surface area contributed by atoms with Crippen LogP contribution in [0.5, 0.6) is 0 Å². The largest absolute Gasteiger partial charge is 0.466 e. The minimum atomic E-state index is -1.70. The predicted molar refractivity (Wildman–Crippen MR) is 364 cm³/mol. The molecule has 0 radical (unpaired) electrons. The lowest BCUT2D eigenvalue weighted by atomic mass is 9.93. The van der Waals surface area contributed by atoms with Crippen molar-refractivity contribution in [2.24, 2.45) is 35.5 Å². The number of allylic oxidation sites excluding steroid dienone is 1. The Hall–Kier alpha value is -6.96. The van der Waals surface area contributed by atoms with E-state index in [1.54, 1.807) is 74.5 Å². The normalized spacial score (nSPS) is 26.3. The van der Waals surface area contributed by atoms with Crippen LogP contribution in [0, 0.1) is 35.5 Å². The topological polar surface area (TPSA) is 314 Å². The molecule has 1 fully saturated rings. The SMILES string of the molecule is C=CCN1C(=O)[C@H](CC)NC(=O)[C@H]([C@H](O)[C@H](C)/C=C/C)N(C)C(=O)[C@H](C(C)C)N(C)C(=O)[C@H](CC(C)C)N(C)C(=O)[C@H](CC(C)C)N(C)C(=O)[C@@H](C)NC(=O)[C@H](C)NC(=O)[C@H](CC(C)C)N(C)C(=O)[C@H](C(C)C)NC(=O)C([C@@H](C)OCCCCOC(C)=O)N(C)C(=O)[C@H]1CC. The van der Waals surface area contributed by atoms with Gasteiger partial charge >= 0.3 is 5.97 Å². The van der Waals surface area contributed by atoms with Crippen molar-refractivity contribution in [3.63, 3.8) is 0 Å². The molecule has 0 bridgehead atoms. The van der Waals surface area contributed by atoms with Gasteiger partial charge in [-0.25, -0.2) is 0 Å². The van der Waals surface area contributed by atoms with Crippen LogP contribution in [0.3, 0.4) is 0 Å². The summed E-state index contributed by atoms with van der Waals surface area (Å²) in [6.07, 6.45) is 3.08. The highest BCUT2D eigenvalue weighted by Crippen LogP contribution is 2.26. The molecule has 26 heteroatoms. The van der Waals surface area contributed by atoms with Gasteiger partial charge in [-0.1, -0.05) is 108 Å². The van der Waals surface area contributed by atoms with Gasteiger partial charge < -0.3 is 70.1 Å². The molecule has 0 aliphatic carbocycles. The minimum Gasteiger partial charge on any atom is -0.466 e. The van der Waals surface area contributed by atoms with Crippen LogP contribution in [-0.4, -0.2) is 251 Å². The Bertz CT molecular complexity index is 2630. The smallest absolute Gasteiger partial charge is 0.302 e. The summed E-state index contributed by atoms with van der Waals surface area (Å²) in [7, 11) is 8.39. The van der Waals surface area contributed by atoms with E-state index in [1.807, 2.05) is 41.5 Å². The van der Waals surface area contributed by atoms with E-state index < -0.39 is 167 Å². The lowest BCUT2D eigenvalue weighted by Gasteiger charge is -2.41. The molecule has 0 aromatic heterocycles. The molecule has 95 heavy (non-hydrogen) atoms. The van der Waals surface area contributed by atoms with Crippen LogP contribution >= 0.6 is 0 Å². The highest BCUT2D eigenvalue weighted by atomic mass is 16.5. The second kappa shape index (κ2) is 40.6. The number of nitrogens with zero attached hydrogens (tertiary/aromatic N) is 7. The number of aliphatic hydroxyl groups excluding tert-OH is 1. The summed E-state index contributed by atoms with van der Waals surface area (Å²) in [5.41, 5.74) is 0. The van der Waals surface area contributed by atoms with Crippen LogP contribution in [0.15, 0.2) is 24.8 Å². The van der Waals surface area contributed by atoms with Crippen LogP contribution in [0.2, 0.25) is 0 Å². The van der Waals surface area contributed by atoms with Crippen LogP contribution in [0.1, 0.15) is 170 Å². The van der Waals surface area contributed by atoms with Gasteiger partial charge in [0.1, 0.15) is 66.5 Å². The molecular weight excluding hydrogens is 1220 g/mol. The van der Waals surface area contributed by atoms with Crippen molar-refractivity contribution in [3.8, 4) is 0 Å². The molecule has 11 amide bonds. The molecule has 0 spiro atoms. The van der Waals surface area contributed by atoms with E-state index in [0.717, 1.165) is 9.80 Å². The van der Waals surface area contributed by atoms with Crippen molar-refractivity contribution in [2.45, 2.75) is 248 Å². The number of hydrogen-bond acceptors (Lipinski definition) is 15. The summed E-state index contributed by atoms with van der Waals surface area (Å²) >= 11 is 0. The highest BCUT2D eigenvalue weighted by Gasteiger charge is 2.47. The quantitative estimate of drug-likeness (QED) is 0.0583. The zero-order chi connectivity index (χ0) is 73.4. The number of unbranched alkanes of at least 4 members (excludes halogenated alkanes) is 1. The summed E-state index contributed by atoms with van der Waals surface area (Å²) in [5.74, 6) is -11.1. The molecule has 1 saturated heterocycles. The molecule has 0 saturated carbocycles. The van der Waals surface area contributed by atoms with Gasteiger partial charge in [-0.05, 0) is 102 Å². The van der Waals surface area contributed by atoms with Crippen molar-refractivity contribution >= 4 is 70.9 Å². The van der Waals surface area contributed by atoms with Crippen LogP contribution in [0.4, 0.5) is 0 Å². The first-order valence-corrected chi connectivity index (χ1v) is 33.9. The number of ether oxygens (including phenoxy) is 2. The number of rotatable bonds is 22. The Kier molecular flexibility index (Phi) is 36.7. The Labute approximate surface area is 567 Å². The molecule has 542 valence electrons. The van der Waals surface area contributed by atoms with Gasteiger partial charge in [-0.3, -0.25) is 57.5 Å². The van der Waals surface area contributed by atoms with Gasteiger partial charge in [-0.15, -0.1) is 6.58 Å². The lowest BCUT2D eigenvalue weighted by molar-refractivity contribution is -0.157. The molecule has 5 N–H and O–H groups in total. The van der Waals surface area contributed by atoms with Crippen LogP contribution in [-0.2, 0) is 67.0 Å². The second-order valence-corrected chi connectivity index (χ2v) is 27.6. The van der Waals surface area contributed by atoms with Crippen molar-refractivity contribution < 1.29 is 72.1 Å². The van der Waals surface area contributed by atoms with Crippen molar-refractivity contribution in [1.29, 1.82) is 0 Å². The van der Waals surface area contributed by atoms with Gasteiger partial charge in [0.25, 0.3) is 0 Å². The molecule has 0 aromatic rings. The minimum absolute atomic E-state index is 0.0265. The fourth-order valence-electron chi connectivity index (χ4n) is 11.9. The average Bonchev–Trinajstić information content (AvgIpc) is 0.814. The van der Waals surface area contributed by atoms with E-state index in [4.69, 9.17) is 9.47 Å². The molecule has 26 nitrogen and oxygen atoms in total. The summed E-state index contributed by atoms with van der Waals surface area (Å²) in [6, 6.07) is -14.6.